The van der Waals surface area contributed by atoms with Gasteiger partial charge in [0.25, 0.3) is 0 Å². The highest BCUT2D eigenvalue weighted by Crippen LogP contribution is 2.36. The minimum absolute atomic E-state index is 0.431. The van der Waals surface area contributed by atoms with Gasteiger partial charge in [-0.3, -0.25) is 4.79 Å². The molecule has 2 heterocycles. The normalized spacial score (nSPS) is 17.9. The molecule has 1 atom stereocenters. The van der Waals surface area contributed by atoms with Gasteiger partial charge in [-0.25, -0.2) is 4.63 Å². The van der Waals surface area contributed by atoms with Crippen LogP contribution in [0.4, 0.5) is 5.69 Å². The summed E-state index contributed by atoms with van der Waals surface area (Å²) in [6.45, 7) is 3.11. The molecule has 6 nitrogen and oxygen atoms in total. The van der Waals surface area contributed by atoms with Crippen molar-refractivity contribution in [1.29, 1.82) is 0 Å². The van der Waals surface area contributed by atoms with E-state index in [4.69, 9.17) is 4.63 Å². The van der Waals surface area contributed by atoms with Crippen LogP contribution in [0.15, 0.2) is 28.9 Å². The number of carboxylic acids is 1. The third-order valence-electron chi connectivity index (χ3n) is 3.73. The van der Waals surface area contributed by atoms with Crippen LogP contribution in [0, 0.1) is 6.92 Å². The van der Waals surface area contributed by atoms with Crippen LogP contribution in [0.25, 0.3) is 0 Å². The minimum atomic E-state index is -0.767. The summed E-state index contributed by atoms with van der Waals surface area (Å²) in [6, 6.07) is 7.63. The van der Waals surface area contributed by atoms with Crippen molar-refractivity contribution < 1.29 is 14.5 Å². The van der Waals surface area contributed by atoms with E-state index in [1.165, 1.54) is 0 Å². The van der Waals surface area contributed by atoms with Crippen molar-refractivity contribution in [3.8, 4) is 0 Å². The van der Waals surface area contributed by atoms with Gasteiger partial charge >= 0.3 is 5.97 Å². The number of fused-ring (bicyclic) bond motifs is 1. The fraction of sp³-hybridized carbons (Fsp3) is 0.357. The molecule has 0 amide bonds. The van der Waals surface area contributed by atoms with Crippen LogP contribution < -0.4 is 4.90 Å². The van der Waals surface area contributed by atoms with Crippen molar-refractivity contribution in [2.45, 2.75) is 25.8 Å². The smallest absolute Gasteiger partial charge is 0.311 e. The van der Waals surface area contributed by atoms with E-state index in [0.29, 0.717) is 19.5 Å². The zero-order chi connectivity index (χ0) is 14.1. The molecule has 0 bridgehead atoms. The number of anilines is 1. The topological polar surface area (TPSA) is 79.5 Å². The molecule has 0 radical (unpaired) electrons. The van der Waals surface area contributed by atoms with Gasteiger partial charge in [0, 0.05) is 12.2 Å². The monoisotopic (exact) mass is 273 g/mol. The summed E-state index contributed by atoms with van der Waals surface area (Å²) in [6.07, 6.45) is 0.594. The number of benzene rings is 1. The number of para-hydroxylation sites is 1. The van der Waals surface area contributed by atoms with E-state index in [-0.39, 0.29) is 0 Å². The van der Waals surface area contributed by atoms with Gasteiger partial charge in [-0.15, -0.1) is 0 Å². The highest BCUT2D eigenvalue weighted by atomic mass is 16.6. The number of carbonyl (C=O) groups is 1. The summed E-state index contributed by atoms with van der Waals surface area (Å²) < 4.78 is 4.71. The van der Waals surface area contributed by atoms with E-state index in [9.17, 15) is 9.90 Å². The van der Waals surface area contributed by atoms with Crippen molar-refractivity contribution in [1.82, 2.24) is 10.3 Å². The van der Waals surface area contributed by atoms with E-state index < -0.39 is 11.9 Å². The Morgan fingerprint density at radius 3 is 2.95 bits per heavy atom. The van der Waals surface area contributed by atoms with Crippen LogP contribution in [0.2, 0.25) is 0 Å². The van der Waals surface area contributed by atoms with Gasteiger partial charge < -0.3 is 10.0 Å². The van der Waals surface area contributed by atoms with Crippen LogP contribution in [0.5, 0.6) is 0 Å². The highest BCUT2D eigenvalue weighted by molar-refractivity contribution is 5.80. The molecule has 0 fully saturated rings. The molecule has 2 aromatic rings. The fourth-order valence-electron chi connectivity index (χ4n) is 2.63. The van der Waals surface area contributed by atoms with Gasteiger partial charge in [0.1, 0.15) is 11.4 Å². The number of aliphatic carboxylic acids is 1. The number of hydrogen-bond acceptors (Lipinski definition) is 5. The van der Waals surface area contributed by atoms with Gasteiger partial charge in [-0.1, -0.05) is 28.5 Å². The van der Waals surface area contributed by atoms with Crippen LogP contribution in [0.1, 0.15) is 29.3 Å². The Hall–Kier alpha value is -2.37. The Bertz CT molecular complexity index is 638. The fourth-order valence-corrected chi connectivity index (χ4v) is 2.63. The Balaban J connectivity index is 1.93. The molecular weight excluding hydrogens is 258 g/mol. The molecule has 0 saturated heterocycles. The predicted molar refractivity (Wildman–Crippen MR) is 71.5 cm³/mol. The third-order valence-corrected chi connectivity index (χ3v) is 3.73. The maximum Gasteiger partial charge on any atom is 0.311 e. The van der Waals surface area contributed by atoms with Crippen molar-refractivity contribution in [2.75, 3.05) is 11.4 Å². The second-order valence-corrected chi connectivity index (χ2v) is 4.96. The summed E-state index contributed by atoms with van der Waals surface area (Å²) in [5.41, 5.74) is 3.37. The largest absolute Gasteiger partial charge is 0.481 e. The Morgan fingerprint density at radius 1 is 1.45 bits per heavy atom. The molecule has 1 aromatic carbocycles. The van der Waals surface area contributed by atoms with E-state index in [1.54, 1.807) is 0 Å². The molecule has 6 heteroatoms. The highest BCUT2D eigenvalue weighted by Gasteiger charge is 2.30. The lowest BCUT2D eigenvalue weighted by atomic mass is 9.90. The number of carboxylic acid groups (broad SMARTS) is 1. The summed E-state index contributed by atoms with van der Waals surface area (Å²) in [7, 11) is 0. The predicted octanol–water partition coefficient (Wildman–Crippen LogP) is 1.96. The maximum atomic E-state index is 11.3. The molecule has 0 spiro atoms. The van der Waals surface area contributed by atoms with Gasteiger partial charge in [-0.2, -0.15) is 0 Å². The molecule has 3 rings (SSSR count). The number of aryl methyl sites for hydroxylation is 1. The van der Waals surface area contributed by atoms with Crippen molar-refractivity contribution >= 4 is 11.7 Å². The molecule has 1 N–H and O–H groups in total. The SMILES string of the molecule is Cc1nonc1CN1CC[C@H](C(=O)O)c2ccccc21. The zero-order valence-corrected chi connectivity index (χ0v) is 11.1. The lowest BCUT2D eigenvalue weighted by Gasteiger charge is -2.33. The summed E-state index contributed by atoms with van der Waals surface area (Å²) in [5, 5.41) is 17.0. The van der Waals surface area contributed by atoms with E-state index in [0.717, 1.165) is 22.6 Å². The number of nitrogens with zero attached hydrogens (tertiary/aromatic N) is 3. The lowest BCUT2D eigenvalue weighted by molar-refractivity contribution is -0.139. The molecule has 0 saturated carbocycles. The van der Waals surface area contributed by atoms with Gasteiger partial charge in [0.15, 0.2) is 0 Å². The summed E-state index contributed by atoms with van der Waals surface area (Å²) >= 11 is 0. The van der Waals surface area contributed by atoms with Crippen LogP contribution >= 0.6 is 0 Å². The summed E-state index contributed by atoms with van der Waals surface area (Å²) in [4.78, 5) is 13.5. The molecule has 0 aliphatic carbocycles. The van der Waals surface area contributed by atoms with Crippen LogP contribution in [-0.4, -0.2) is 27.9 Å². The van der Waals surface area contributed by atoms with Crippen LogP contribution in [0.3, 0.4) is 0 Å². The van der Waals surface area contributed by atoms with E-state index >= 15 is 0 Å². The second-order valence-electron chi connectivity index (χ2n) is 4.96. The van der Waals surface area contributed by atoms with Gasteiger partial charge in [0.05, 0.1) is 12.5 Å². The summed E-state index contributed by atoms with van der Waals surface area (Å²) in [5.74, 6) is -1.20. The molecule has 1 aliphatic rings. The second kappa shape index (κ2) is 4.96. The van der Waals surface area contributed by atoms with Crippen molar-refractivity contribution in [3.63, 3.8) is 0 Å². The maximum absolute atomic E-state index is 11.3. The zero-order valence-electron chi connectivity index (χ0n) is 11.1. The molecular formula is C14H15N3O3. The van der Waals surface area contributed by atoms with E-state index in [1.807, 2.05) is 31.2 Å². The Kier molecular flexibility index (Phi) is 3.14. The standard InChI is InChI=1S/C14H15N3O3/c1-9-12(16-20-15-9)8-17-7-6-11(14(18)19)10-4-2-3-5-13(10)17/h2-5,11H,6-8H2,1H3,(H,18,19)/t11-/m0/s1. The first kappa shape index (κ1) is 12.7. The first-order valence-corrected chi connectivity index (χ1v) is 6.51. The Labute approximate surface area is 116 Å². The average Bonchev–Trinajstić information content (AvgIpc) is 2.84. The van der Waals surface area contributed by atoms with E-state index in [2.05, 4.69) is 15.2 Å². The van der Waals surface area contributed by atoms with Crippen molar-refractivity contribution in [2.24, 2.45) is 0 Å². The first-order valence-electron chi connectivity index (χ1n) is 6.51. The molecule has 20 heavy (non-hydrogen) atoms. The molecule has 1 aliphatic heterocycles. The number of hydrogen-bond donors (Lipinski definition) is 1. The van der Waals surface area contributed by atoms with Crippen molar-refractivity contribution in [3.05, 3.63) is 41.2 Å². The quantitative estimate of drug-likeness (QED) is 0.920. The minimum Gasteiger partial charge on any atom is -0.481 e. The number of aromatic nitrogens is 2. The third kappa shape index (κ3) is 2.13. The lowest BCUT2D eigenvalue weighted by Crippen LogP contribution is -2.33. The average molecular weight is 273 g/mol. The molecule has 104 valence electrons. The Morgan fingerprint density at radius 2 is 2.25 bits per heavy atom. The molecule has 0 unspecified atom stereocenters. The van der Waals surface area contributed by atoms with Gasteiger partial charge in [0.2, 0.25) is 0 Å². The number of rotatable bonds is 3. The first-order chi connectivity index (χ1) is 9.66. The van der Waals surface area contributed by atoms with Crippen LogP contribution in [-0.2, 0) is 11.3 Å². The molecule has 1 aromatic heterocycles. The van der Waals surface area contributed by atoms with Gasteiger partial charge in [-0.05, 0) is 25.0 Å².